The molecular formula is C11H21IN6. The number of piperidine rings is 1. The van der Waals surface area contributed by atoms with Crippen LogP contribution in [0.15, 0.2) is 11.2 Å². The fourth-order valence-corrected chi connectivity index (χ4v) is 1.95. The van der Waals surface area contributed by atoms with Crippen molar-refractivity contribution in [2.45, 2.75) is 26.3 Å². The largest absolute Gasteiger partial charge is 0.370 e. The van der Waals surface area contributed by atoms with Gasteiger partial charge in [-0.3, -0.25) is 4.68 Å². The number of aliphatic imine (C=N–C) groups is 1. The molecule has 1 aromatic rings. The van der Waals surface area contributed by atoms with Gasteiger partial charge in [-0.25, -0.2) is 4.99 Å². The molecule has 0 aromatic carbocycles. The Kier molecular flexibility index (Phi) is 5.83. The molecule has 0 aliphatic carbocycles. The highest BCUT2D eigenvalue weighted by atomic mass is 127. The lowest BCUT2D eigenvalue weighted by atomic mass is 10.00. The van der Waals surface area contributed by atoms with Crippen LogP contribution in [0.2, 0.25) is 0 Å². The zero-order valence-corrected chi connectivity index (χ0v) is 13.2. The zero-order valence-electron chi connectivity index (χ0n) is 10.9. The maximum atomic E-state index is 5.99. The van der Waals surface area contributed by atoms with E-state index in [-0.39, 0.29) is 24.0 Å². The van der Waals surface area contributed by atoms with E-state index in [2.05, 4.69) is 27.1 Å². The van der Waals surface area contributed by atoms with Crippen molar-refractivity contribution in [1.82, 2.24) is 19.9 Å². The van der Waals surface area contributed by atoms with Gasteiger partial charge in [0.25, 0.3) is 0 Å². The van der Waals surface area contributed by atoms with Gasteiger partial charge in [0.05, 0.1) is 18.4 Å². The molecule has 1 aliphatic heterocycles. The highest BCUT2D eigenvalue weighted by Gasteiger charge is 2.16. The first-order chi connectivity index (χ1) is 8.16. The van der Waals surface area contributed by atoms with E-state index >= 15 is 0 Å². The molecule has 0 radical (unpaired) electrons. The van der Waals surface area contributed by atoms with Crippen LogP contribution in [-0.4, -0.2) is 38.9 Å². The van der Waals surface area contributed by atoms with E-state index in [1.54, 1.807) is 10.9 Å². The molecule has 0 spiro atoms. The molecule has 1 aromatic heterocycles. The summed E-state index contributed by atoms with van der Waals surface area (Å²) in [5.41, 5.74) is 6.96. The molecule has 7 heteroatoms. The van der Waals surface area contributed by atoms with Crippen molar-refractivity contribution in [3.05, 3.63) is 11.9 Å². The minimum atomic E-state index is 0. The van der Waals surface area contributed by atoms with Gasteiger partial charge in [-0.05, 0) is 18.8 Å². The van der Waals surface area contributed by atoms with E-state index in [1.165, 1.54) is 12.8 Å². The zero-order chi connectivity index (χ0) is 12.3. The van der Waals surface area contributed by atoms with Gasteiger partial charge in [-0.2, -0.15) is 0 Å². The maximum Gasteiger partial charge on any atom is 0.191 e. The molecule has 102 valence electrons. The first kappa shape index (κ1) is 15.2. The van der Waals surface area contributed by atoms with Crippen molar-refractivity contribution < 1.29 is 0 Å². The van der Waals surface area contributed by atoms with Crippen LogP contribution in [0, 0.1) is 5.92 Å². The quantitative estimate of drug-likeness (QED) is 0.483. The van der Waals surface area contributed by atoms with Crippen LogP contribution in [0.25, 0.3) is 0 Å². The fourth-order valence-electron chi connectivity index (χ4n) is 1.95. The first-order valence-electron chi connectivity index (χ1n) is 6.05. The topological polar surface area (TPSA) is 72.3 Å². The monoisotopic (exact) mass is 364 g/mol. The Morgan fingerprint density at radius 1 is 1.50 bits per heavy atom. The van der Waals surface area contributed by atoms with Gasteiger partial charge in [-0.15, -0.1) is 29.1 Å². The molecule has 2 heterocycles. The Balaban J connectivity index is 0.00000162. The minimum Gasteiger partial charge on any atom is -0.370 e. The van der Waals surface area contributed by atoms with Crippen molar-refractivity contribution in [1.29, 1.82) is 0 Å². The molecular weight excluding hydrogens is 343 g/mol. The Morgan fingerprint density at radius 2 is 2.17 bits per heavy atom. The van der Waals surface area contributed by atoms with E-state index in [4.69, 9.17) is 5.73 Å². The van der Waals surface area contributed by atoms with Crippen LogP contribution < -0.4 is 5.73 Å². The fraction of sp³-hybridized carbons (Fsp3) is 0.727. The summed E-state index contributed by atoms with van der Waals surface area (Å²) in [6, 6.07) is 0. The number of likely N-dealkylation sites (tertiary alicyclic amines) is 1. The number of rotatable bonds is 2. The molecule has 0 amide bonds. The smallest absolute Gasteiger partial charge is 0.191 e. The number of hydrogen-bond acceptors (Lipinski definition) is 3. The minimum absolute atomic E-state index is 0. The Bertz CT molecular complexity index is 394. The number of nitrogens with two attached hydrogens (primary N) is 1. The second-order valence-electron chi connectivity index (χ2n) is 4.69. The second kappa shape index (κ2) is 6.91. The number of hydrogen-bond donors (Lipinski definition) is 1. The summed E-state index contributed by atoms with van der Waals surface area (Å²) >= 11 is 0. The number of aromatic nitrogens is 3. The molecule has 0 bridgehead atoms. The molecule has 0 unspecified atom stereocenters. The highest BCUT2D eigenvalue weighted by molar-refractivity contribution is 14.0. The summed E-state index contributed by atoms with van der Waals surface area (Å²) in [5, 5.41) is 7.67. The van der Waals surface area contributed by atoms with Crippen LogP contribution in [0.1, 0.15) is 25.5 Å². The van der Waals surface area contributed by atoms with Crippen molar-refractivity contribution in [2.75, 3.05) is 13.1 Å². The summed E-state index contributed by atoms with van der Waals surface area (Å²) in [7, 11) is 1.86. The van der Waals surface area contributed by atoms with Gasteiger partial charge in [0.15, 0.2) is 5.96 Å². The van der Waals surface area contributed by atoms with Crippen molar-refractivity contribution >= 4 is 29.9 Å². The number of nitrogens with zero attached hydrogens (tertiary/aromatic N) is 5. The van der Waals surface area contributed by atoms with Crippen molar-refractivity contribution in [2.24, 2.45) is 23.7 Å². The van der Waals surface area contributed by atoms with Crippen LogP contribution in [0.5, 0.6) is 0 Å². The van der Waals surface area contributed by atoms with Crippen molar-refractivity contribution in [3.63, 3.8) is 0 Å². The first-order valence-corrected chi connectivity index (χ1v) is 6.05. The molecule has 2 rings (SSSR count). The Labute approximate surface area is 125 Å². The molecule has 6 nitrogen and oxygen atoms in total. The predicted octanol–water partition coefficient (Wildman–Crippen LogP) is 0.980. The molecule has 0 atom stereocenters. The van der Waals surface area contributed by atoms with E-state index < -0.39 is 0 Å². The summed E-state index contributed by atoms with van der Waals surface area (Å²) in [6.07, 6.45) is 4.11. The Hall–Kier alpha value is -0.860. The second-order valence-corrected chi connectivity index (χ2v) is 4.69. The highest BCUT2D eigenvalue weighted by Crippen LogP contribution is 2.15. The summed E-state index contributed by atoms with van der Waals surface area (Å²) < 4.78 is 1.72. The van der Waals surface area contributed by atoms with E-state index in [1.807, 2.05) is 7.05 Å². The summed E-state index contributed by atoms with van der Waals surface area (Å²) in [5.74, 6) is 1.44. The van der Waals surface area contributed by atoms with E-state index in [9.17, 15) is 0 Å². The standard InChI is InChI=1S/C11H20N6.HI/c1-9-3-5-17(6-4-9)11(12)13-7-10-8-14-15-16(10)2;/h8-9H,3-7H2,1-2H3,(H2,12,13);1H. The SMILES string of the molecule is CC1CCN(C(N)=NCc2cnnn2C)CC1.I. The lowest BCUT2D eigenvalue weighted by molar-refractivity contribution is 0.277. The predicted molar refractivity (Wildman–Crippen MR) is 81.7 cm³/mol. The van der Waals surface area contributed by atoms with Gasteiger partial charge in [-0.1, -0.05) is 12.1 Å². The van der Waals surface area contributed by atoms with Crippen LogP contribution in [0.3, 0.4) is 0 Å². The normalized spacial score (nSPS) is 17.7. The average Bonchev–Trinajstić information content (AvgIpc) is 2.73. The lowest BCUT2D eigenvalue weighted by Gasteiger charge is -2.30. The average molecular weight is 364 g/mol. The third-order valence-corrected chi connectivity index (χ3v) is 3.32. The number of guanidine groups is 1. The number of aryl methyl sites for hydroxylation is 1. The third-order valence-electron chi connectivity index (χ3n) is 3.32. The van der Waals surface area contributed by atoms with Gasteiger partial charge < -0.3 is 10.6 Å². The lowest BCUT2D eigenvalue weighted by Crippen LogP contribution is -2.42. The van der Waals surface area contributed by atoms with Gasteiger partial charge in [0.2, 0.25) is 0 Å². The summed E-state index contributed by atoms with van der Waals surface area (Å²) in [4.78, 5) is 6.55. The number of halogens is 1. The van der Waals surface area contributed by atoms with Crippen LogP contribution in [0.4, 0.5) is 0 Å². The molecule has 2 N–H and O–H groups in total. The molecule has 1 fully saturated rings. The van der Waals surface area contributed by atoms with Crippen LogP contribution in [-0.2, 0) is 13.6 Å². The molecule has 18 heavy (non-hydrogen) atoms. The van der Waals surface area contributed by atoms with Crippen LogP contribution >= 0.6 is 24.0 Å². The van der Waals surface area contributed by atoms with E-state index in [0.717, 1.165) is 24.7 Å². The third kappa shape index (κ3) is 3.82. The van der Waals surface area contributed by atoms with Gasteiger partial charge in [0.1, 0.15) is 0 Å². The summed E-state index contributed by atoms with van der Waals surface area (Å²) in [6.45, 7) is 4.85. The molecule has 1 saturated heterocycles. The maximum absolute atomic E-state index is 5.99. The Morgan fingerprint density at radius 3 is 2.72 bits per heavy atom. The molecule has 0 saturated carbocycles. The molecule has 1 aliphatic rings. The van der Waals surface area contributed by atoms with Gasteiger partial charge >= 0.3 is 0 Å². The van der Waals surface area contributed by atoms with E-state index in [0.29, 0.717) is 12.5 Å². The van der Waals surface area contributed by atoms with Gasteiger partial charge in [0, 0.05) is 20.1 Å². The van der Waals surface area contributed by atoms with Crippen molar-refractivity contribution in [3.8, 4) is 0 Å².